The van der Waals surface area contributed by atoms with Crippen LogP contribution in [0.2, 0.25) is 0 Å². The number of esters is 1. The van der Waals surface area contributed by atoms with E-state index in [2.05, 4.69) is 20.4 Å². The van der Waals surface area contributed by atoms with Crippen molar-refractivity contribution >= 4 is 17.7 Å². The minimum atomic E-state index is -0.743. The zero-order valence-electron chi connectivity index (χ0n) is 17.6. The fourth-order valence-corrected chi connectivity index (χ4v) is 4.04. The molecule has 2 amide bonds. The van der Waals surface area contributed by atoms with Gasteiger partial charge in [0.15, 0.2) is 0 Å². The van der Waals surface area contributed by atoms with E-state index in [1.54, 1.807) is 12.1 Å². The first-order chi connectivity index (χ1) is 15.4. The van der Waals surface area contributed by atoms with Crippen molar-refractivity contribution in [1.82, 2.24) is 15.5 Å². The van der Waals surface area contributed by atoms with Gasteiger partial charge in [-0.15, -0.1) is 0 Å². The highest BCUT2D eigenvalue weighted by Crippen LogP contribution is 2.28. The number of nitrogens with one attached hydrogen (secondary N) is 2. The van der Waals surface area contributed by atoms with Crippen molar-refractivity contribution in [2.45, 2.75) is 6.04 Å². The number of carbonyl (C=O) groups is 2. The number of halogens is 2. The maximum absolute atomic E-state index is 13.4. The Morgan fingerprint density at radius 3 is 2.19 bits per heavy atom. The molecule has 2 heterocycles. The van der Waals surface area contributed by atoms with Crippen LogP contribution >= 0.6 is 0 Å². The van der Waals surface area contributed by atoms with Gasteiger partial charge in [-0.2, -0.15) is 0 Å². The van der Waals surface area contributed by atoms with Crippen LogP contribution in [0.25, 0.3) is 0 Å². The second-order valence-electron chi connectivity index (χ2n) is 7.71. The highest BCUT2D eigenvalue weighted by molar-refractivity contribution is 5.95. The van der Waals surface area contributed by atoms with E-state index in [4.69, 9.17) is 4.74 Å². The minimum Gasteiger partial charge on any atom is -0.466 e. The molecule has 2 aromatic rings. The first kappa shape index (κ1) is 21.8. The summed E-state index contributed by atoms with van der Waals surface area (Å²) in [4.78, 5) is 29.3. The van der Waals surface area contributed by atoms with Crippen molar-refractivity contribution in [3.63, 3.8) is 0 Å². The summed E-state index contributed by atoms with van der Waals surface area (Å²) in [7, 11) is 1.28. The largest absolute Gasteiger partial charge is 0.466 e. The Labute approximate surface area is 184 Å². The molecule has 0 bridgehead atoms. The molecule has 9 heteroatoms. The molecule has 0 spiro atoms. The summed E-state index contributed by atoms with van der Waals surface area (Å²) >= 11 is 0. The summed E-state index contributed by atoms with van der Waals surface area (Å²) in [5, 5.41) is 5.48. The van der Waals surface area contributed by atoms with Gasteiger partial charge < -0.3 is 20.3 Å². The molecule has 0 saturated carbocycles. The molecule has 7 nitrogen and oxygen atoms in total. The lowest BCUT2D eigenvalue weighted by Gasteiger charge is -2.38. The topological polar surface area (TPSA) is 73.9 Å². The van der Waals surface area contributed by atoms with E-state index in [1.807, 2.05) is 0 Å². The molecule has 1 atom stereocenters. The normalized spacial score (nSPS) is 19.4. The van der Waals surface area contributed by atoms with Crippen LogP contribution in [0.3, 0.4) is 0 Å². The van der Waals surface area contributed by atoms with Crippen LogP contribution in [0.4, 0.5) is 19.3 Å². The number of carbonyl (C=O) groups excluding carboxylic acids is 2. The van der Waals surface area contributed by atoms with Crippen molar-refractivity contribution in [2.24, 2.45) is 0 Å². The molecule has 0 unspecified atom stereocenters. The predicted octanol–water partition coefficient (Wildman–Crippen LogP) is 2.57. The molecule has 0 radical (unpaired) electrons. The smallest absolute Gasteiger partial charge is 0.338 e. The Morgan fingerprint density at radius 1 is 1.00 bits per heavy atom. The van der Waals surface area contributed by atoms with Crippen LogP contribution in [0.1, 0.15) is 11.6 Å². The second-order valence-corrected chi connectivity index (χ2v) is 7.71. The van der Waals surface area contributed by atoms with Gasteiger partial charge in [-0.3, -0.25) is 4.90 Å². The van der Waals surface area contributed by atoms with Crippen LogP contribution in [-0.4, -0.2) is 56.7 Å². The lowest BCUT2D eigenvalue weighted by molar-refractivity contribution is -0.136. The van der Waals surface area contributed by atoms with Gasteiger partial charge in [0, 0.05) is 44.1 Å². The monoisotopic (exact) mass is 442 g/mol. The van der Waals surface area contributed by atoms with Crippen LogP contribution < -0.4 is 15.5 Å². The Balaban J connectivity index is 1.53. The van der Waals surface area contributed by atoms with Crippen molar-refractivity contribution in [1.29, 1.82) is 0 Å². The quantitative estimate of drug-likeness (QED) is 0.697. The number of urea groups is 1. The van der Waals surface area contributed by atoms with Gasteiger partial charge in [-0.25, -0.2) is 18.4 Å². The number of anilines is 1. The van der Waals surface area contributed by atoms with E-state index in [0.717, 1.165) is 18.8 Å². The number of hydrogen-bond acceptors (Lipinski definition) is 5. The molecule has 2 aliphatic heterocycles. The number of amides is 2. The molecule has 0 aliphatic carbocycles. The van der Waals surface area contributed by atoms with Crippen LogP contribution in [0, 0.1) is 11.6 Å². The summed E-state index contributed by atoms with van der Waals surface area (Å²) < 4.78 is 31.5. The van der Waals surface area contributed by atoms with E-state index >= 15 is 0 Å². The first-order valence-electron chi connectivity index (χ1n) is 10.3. The summed E-state index contributed by atoms with van der Waals surface area (Å²) in [6, 6.07) is 10.8. The number of hydrogen-bond donors (Lipinski definition) is 2. The van der Waals surface area contributed by atoms with Gasteiger partial charge in [0.25, 0.3) is 0 Å². The van der Waals surface area contributed by atoms with Crippen molar-refractivity contribution in [2.75, 3.05) is 44.7 Å². The summed E-state index contributed by atoms with van der Waals surface area (Å²) in [5.41, 5.74) is 2.29. The standard InChI is InChI=1S/C23H24F2N4O3/c1-32-22(30)20-19(26-23(31)27-21(20)15-2-4-16(24)5-3-15)14-28-10-12-29(13-11-28)18-8-6-17(25)7-9-18/h2-9,21H,10-14H2,1H3,(H2,26,27,31)/t21-/m0/s1. The van der Waals surface area contributed by atoms with E-state index in [-0.39, 0.29) is 5.82 Å². The van der Waals surface area contributed by atoms with Gasteiger partial charge in [-0.05, 0) is 42.0 Å². The number of benzene rings is 2. The highest BCUT2D eigenvalue weighted by Gasteiger charge is 2.34. The molecule has 2 N–H and O–H groups in total. The summed E-state index contributed by atoms with van der Waals surface area (Å²) in [5.74, 6) is -1.24. The third-order valence-corrected chi connectivity index (χ3v) is 5.71. The zero-order valence-corrected chi connectivity index (χ0v) is 17.6. The SMILES string of the molecule is COC(=O)C1=C(CN2CCN(c3ccc(F)cc3)CC2)NC(=O)N[C@H]1c1ccc(F)cc1. The van der Waals surface area contributed by atoms with Gasteiger partial charge >= 0.3 is 12.0 Å². The lowest BCUT2D eigenvalue weighted by atomic mass is 9.95. The van der Waals surface area contributed by atoms with Gasteiger partial charge in [0.2, 0.25) is 0 Å². The molecule has 2 aliphatic rings. The summed E-state index contributed by atoms with van der Waals surface area (Å²) in [6.45, 7) is 3.19. The fourth-order valence-electron chi connectivity index (χ4n) is 4.04. The lowest BCUT2D eigenvalue weighted by Crippen LogP contribution is -2.51. The molecule has 1 fully saturated rings. The molecule has 1 saturated heterocycles. The fraction of sp³-hybridized carbons (Fsp3) is 0.304. The Kier molecular flexibility index (Phi) is 6.36. The number of ether oxygens (including phenoxy) is 1. The first-order valence-corrected chi connectivity index (χ1v) is 10.3. The van der Waals surface area contributed by atoms with Crippen molar-refractivity contribution in [3.05, 3.63) is 77.0 Å². The van der Waals surface area contributed by atoms with Gasteiger partial charge in [-0.1, -0.05) is 12.1 Å². The molecule has 4 rings (SSSR count). The minimum absolute atomic E-state index is 0.271. The second kappa shape index (κ2) is 9.35. The number of methoxy groups -OCH3 is 1. The van der Waals surface area contributed by atoms with Crippen LogP contribution in [0.5, 0.6) is 0 Å². The average molecular weight is 442 g/mol. The predicted molar refractivity (Wildman–Crippen MR) is 115 cm³/mol. The molecular formula is C23H24F2N4O3. The van der Waals surface area contributed by atoms with Gasteiger partial charge in [0.05, 0.1) is 18.7 Å². The number of nitrogens with zero attached hydrogens (tertiary/aromatic N) is 2. The Bertz CT molecular complexity index is 1020. The Morgan fingerprint density at radius 2 is 1.59 bits per heavy atom. The molecule has 0 aromatic heterocycles. The summed E-state index contributed by atoms with van der Waals surface area (Å²) in [6.07, 6.45) is 0. The average Bonchev–Trinajstić information content (AvgIpc) is 2.80. The van der Waals surface area contributed by atoms with Crippen LogP contribution in [0.15, 0.2) is 59.8 Å². The van der Waals surface area contributed by atoms with E-state index < -0.39 is 23.9 Å². The van der Waals surface area contributed by atoms with E-state index in [1.165, 1.54) is 43.5 Å². The van der Waals surface area contributed by atoms with Gasteiger partial charge in [0.1, 0.15) is 11.6 Å². The van der Waals surface area contributed by atoms with Crippen molar-refractivity contribution in [3.8, 4) is 0 Å². The molecular weight excluding hydrogens is 418 g/mol. The zero-order chi connectivity index (χ0) is 22.7. The molecule has 2 aromatic carbocycles. The third kappa shape index (κ3) is 4.72. The molecule has 168 valence electrons. The number of rotatable bonds is 5. The van der Waals surface area contributed by atoms with E-state index in [9.17, 15) is 18.4 Å². The Hall–Kier alpha value is -3.46. The highest BCUT2D eigenvalue weighted by atomic mass is 19.1. The van der Waals surface area contributed by atoms with Crippen LogP contribution in [-0.2, 0) is 9.53 Å². The number of piperazine rings is 1. The maximum atomic E-state index is 13.4. The maximum Gasteiger partial charge on any atom is 0.338 e. The van der Waals surface area contributed by atoms with E-state index in [0.29, 0.717) is 36.5 Å². The molecule has 32 heavy (non-hydrogen) atoms. The van der Waals surface area contributed by atoms with Crippen molar-refractivity contribution < 1.29 is 23.1 Å². The third-order valence-electron chi connectivity index (χ3n) is 5.71.